The van der Waals surface area contributed by atoms with Crippen LogP contribution in [-0.4, -0.2) is 78.3 Å². The molecule has 0 saturated carbocycles. The van der Waals surface area contributed by atoms with E-state index in [1.54, 1.807) is 19.4 Å². The number of tetrazole rings is 1. The van der Waals surface area contributed by atoms with Crippen LogP contribution >= 0.6 is 0 Å². The Bertz CT molecular complexity index is 1350. The molecule has 0 amide bonds. The minimum atomic E-state index is -4.57. The molecule has 0 radical (unpaired) electrons. The number of H-pyrrole nitrogens is 2. The third-order valence-electron chi connectivity index (χ3n) is 6.02. The molecule has 2 aromatic heterocycles. The van der Waals surface area contributed by atoms with E-state index in [1.807, 2.05) is 4.90 Å². The second kappa shape index (κ2) is 9.98. The van der Waals surface area contributed by atoms with Crippen molar-refractivity contribution in [3.05, 3.63) is 30.4 Å². The molecular formula is C19H27N9O5S2. The Kier molecular flexibility index (Phi) is 7.18. The Hall–Kier alpha value is -2.92. The van der Waals surface area contributed by atoms with Gasteiger partial charge in [-0.3, -0.25) is 0 Å². The van der Waals surface area contributed by atoms with Crippen molar-refractivity contribution in [1.29, 1.82) is 0 Å². The average Bonchev–Trinajstić information content (AvgIpc) is 3.56. The number of anilines is 1. The molecule has 1 saturated heterocycles. The largest absolute Gasteiger partial charge is 0.392 e. The number of imidazole rings is 1. The molecule has 4 rings (SSSR count). The van der Waals surface area contributed by atoms with Crippen molar-refractivity contribution in [3.8, 4) is 11.4 Å². The molecule has 3 heterocycles. The topological polar surface area (TPSA) is 213 Å². The molecule has 14 nitrogen and oxygen atoms in total. The van der Waals surface area contributed by atoms with Gasteiger partial charge in [0.25, 0.3) is 0 Å². The lowest BCUT2D eigenvalue weighted by Crippen LogP contribution is -2.35. The number of rotatable bonds is 9. The summed E-state index contributed by atoms with van der Waals surface area (Å²) in [5, 5.41) is 29.0. The van der Waals surface area contributed by atoms with E-state index in [0.717, 1.165) is 18.5 Å². The fourth-order valence-electron chi connectivity index (χ4n) is 4.14. The number of nitrogens with two attached hydrogens (primary N) is 1. The van der Waals surface area contributed by atoms with Crippen molar-refractivity contribution in [3.63, 3.8) is 0 Å². The highest BCUT2D eigenvalue weighted by molar-refractivity contribution is 7.92. The summed E-state index contributed by atoms with van der Waals surface area (Å²) in [4.78, 5) is 7.95. The number of aromatic amines is 2. The van der Waals surface area contributed by atoms with Gasteiger partial charge in [0.1, 0.15) is 9.79 Å². The van der Waals surface area contributed by atoms with E-state index < -0.39 is 35.9 Å². The second-order valence-corrected chi connectivity index (χ2v) is 11.5. The molecule has 1 unspecified atom stereocenters. The van der Waals surface area contributed by atoms with Crippen molar-refractivity contribution in [2.75, 3.05) is 24.5 Å². The Labute approximate surface area is 202 Å². The summed E-state index contributed by atoms with van der Waals surface area (Å²) >= 11 is 0. The molecule has 35 heavy (non-hydrogen) atoms. The molecule has 1 aromatic carbocycles. The fraction of sp³-hybridized carbons (Fsp3) is 0.474. The van der Waals surface area contributed by atoms with Crippen LogP contribution in [0.4, 0.5) is 5.69 Å². The Morgan fingerprint density at radius 1 is 1.26 bits per heavy atom. The number of sulfonamides is 2. The standard InChI is InChI=1S/C19H27N9O5S2/c1-2-13(29)9-23-35(32,33)16-4-3-15(17(18(16)34(20,30)31)19-24-26-27-25-19)28-7-5-12(6-8-28)14-10-21-11-22-14/h3-4,10-13,23,29H,2,5-9H2,1H3,(H,21,22)(H2,20,30,31)(H,24,25,26,27). The summed E-state index contributed by atoms with van der Waals surface area (Å²) in [5.41, 5.74) is 1.39. The maximum Gasteiger partial charge on any atom is 0.242 e. The number of nitrogens with one attached hydrogen (secondary N) is 3. The molecule has 6 N–H and O–H groups in total. The van der Waals surface area contributed by atoms with Gasteiger partial charge in [0.05, 0.1) is 18.0 Å². The van der Waals surface area contributed by atoms with E-state index in [1.165, 1.54) is 12.1 Å². The van der Waals surface area contributed by atoms with Crippen LogP contribution in [0.1, 0.15) is 37.8 Å². The molecule has 3 aromatic rings. The Morgan fingerprint density at radius 3 is 2.57 bits per heavy atom. The van der Waals surface area contributed by atoms with E-state index >= 15 is 0 Å². The lowest BCUT2D eigenvalue weighted by atomic mass is 9.93. The van der Waals surface area contributed by atoms with Crippen molar-refractivity contribution < 1.29 is 21.9 Å². The number of piperidine rings is 1. The minimum Gasteiger partial charge on any atom is -0.392 e. The van der Waals surface area contributed by atoms with Crippen LogP contribution in [0.15, 0.2) is 34.4 Å². The second-order valence-electron chi connectivity index (χ2n) is 8.25. The van der Waals surface area contributed by atoms with Gasteiger partial charge in [0, 0.05) is 43.1 Å². The number of aliphatic hydroxyl groups is 1. The SMILES string of the molecule is CCC(O)CNS(=O)(=O)c1ccc(N2CCC(c3cnc[nH]3)CC2)c(-c2nn[nH]n2)c1S(N)(=O)=O. The minimum absolute atomic E-state index is 0.0554. The van der Waals surface area contributed by atoms with Gasteiger partial charge in [0.15, 0.2) is 0 Å². The van der Waals surface area contributed by atoms with E-state index in [9.17, 15) is 21.9 Å². The molecule has 16 heteroatoms. The van der Waals surface area contributed by atoms with Gasteiger partial charge in [-0.2, -0.15) is 5.21 Å². The monoisotopic (exact) mass is 525 g/mol. The van der Waals surface area contributed by atoms with Crippen molar-refractivity contribution >= 4 is 25.7 Å². The third kappa shape index (κ3) is 5.35. The van der Waals surface area contributed by atoms with Gasteiger partial charge in [-0.25, -0.2) is 31.7 Å². The molecule has 0 spiro atoms. The first-order valence-electron chi connectivity index (χ1n) is 11.0. The van der Waals surface area contributed by atoms with Crippen LogP contribution < -0.4 is 14.8 Å². The van der Waals surface area contributed by atoms with Gasteiger partial charge < -0.3 is 15.0 Å². The smallest absolute Gasteiger partial charge is 0.242 e. The molecular weight excluding hydrogens is 498 g/mol. The summed E-state index contributed by atoms with van der Waals surface area (Å²) in [6.45, 7) is 2.52. The summed E-state index contributed by atoms with van der Waals surface area (Å²) in [6, 6.07) is 2.71. The lowest BCUT2D eigenvalue weighted by molar-refractivity contribution is 0.174. The first-order chi connectivity index (χ1) is 16.6. The number of nitrogens with zero attached hydrogens (tertiary/aromatic N) is 5. The zero-order valence-electron chi connectivity index (χ0n) is 18.9. The summed E-state index contributed by atoms with van der Waals surface area (Å²) in [5.74, 6) is 0.152. The van der Waals surface area contributed by atoms with E-state index in [-0.39, 0.29) is 23.9 Å². The van der Waals surface area contributed by atoms with Crippen molar-refractivity contribution in [1.82, 2.24) is 35.3 Å². The lowest BCUT2D eigenvalue weighted by Gasteiger charge is -2.34. The van der Waals surface area contributed by atoms with Crippen LogP contribution in [0.5, 0.6) is 0 Å². The van der Waals surface area contributed by atoms with Crippen LogP contribution in [0.25, 0.3) is 11.4 Å². The maximum absolute atomic E-state index is 13.1. The Balaban J connectivity index is 1.79. The highest BCUT2D eigenvalue weighted by atomic mass is 32.2. The molecule has 1 aliphatic heterocycles. The van der Waals surface area contributed by atoms with Crippen molar-refractivity contribution in [2.45, 2.75) is 48.0 Å². The predicted molar refractivity (Wildman–Crippen MR) is 125 cm³/mol. The molecule has 190 valence electrons. The highest BCUT2D eigenvalue weighted by Gasteiger charge is 2.34. The molecule has 0 bridgehead atoms. The third-order valence-corrected chi connectivity index (χ3v) is 8.61. The van der Waals surface area contributed by atoms with Gasteiger partial charge in [0.2, 0.25) is 25.9 Å². The number of hydrogen-bond acceptors (Lipinski definition) is 10. The predicted octanol–water partition coefficient (Wildman–Crippen LogP) is -0.330. The average molecular weight is 526 g/mol. The summed E-state index contributed by atoms with van der Waals surface area (Å²) in [6.07, 6.45) is 4.30. The van der Waals surface area contributed by atoms with E-state index in [4.69, 9.17) is 5.14 Å². The number of aromatic nitrogens is 6. The summed E-state index contributed by atoms with van der Waals surface area (Å²) in [7, 11) is -8.93. The highest BCUT2D eigenvalue weighted by Crippen LogP contribution is 2.40. The van der Waals surface area contributed by atoms with Crippen LogP contribution in [0, 0.1) is 0 Å². The zero-order valence-corrected chi connectivity index (χ0v) is 20.5. The first kappa shape index (κ1) is 25.2. The first-order valence-corrected chi connectivity index (χ1v) is 14.0. The van der Waals surface area contributed by atoms with Gasteiger partial charge in [-0.05, 0) is 36.6 Å². The summed E-state index contributed by atoms with van der Waals surface area (Å²) < 4.78 is 53.9. The van der Waals surface area contributed by atoms with Crippen molar-refractivity contribution in [2.24, 2.45) is 5.14 Å². The number of hydrogen-bond donors (Lipinski definition) is 5. The van der Waals surface area contributed by atoms with Gasteiger partial charge >= 0.3 is 0 Å². The fourth-order valence-corrected chi connectivity index (χ4v) is 6.81. The number of benzene rings is 1. The number of aliphatic hydroxyl groups excluding tert-OH is 1. The van der Waals surface area contributed by atoms with Crippen LogP contribution in [-0.2, 0) is 20.0 Å². The van der Waals surface area contributed by atoms with Crippen LogP contribution in [0.3, 0.4) is 0 Å². The molecule has 1 aliphatic rings. The normalized spacial score (nSPS) is 16.5. The molecule has 0 aliphatic carbocycles. The van der Waals surface area contributed by atoms with Gasteiger partial charge in [-0.1, -0.05) is 6.92 Å². The van der Waals surface area contributed by atoms with E-state index in [0.29, 0.717) is 25.2 Å². The van der Waals surface area contributed by atoms with E-state index in [2.05, 4.69) is 35.3 Å². The van der Waals surface area contributed by atoms with Crippen LogP contribution in [0.2, 0.25) is 0 Å². The van der Waals surface area contributed by atoms with Gasteiger partial charge in [-0.15, -0.1) is 10.2 Å². The quantitative estimate of drug-likeness (QED) is 0.245. The molecule has 1 fully saturated rings. The number of primary sulfonamides is 1. The maximum atomic E-state index is 13.1. The Morgan fingerprint density at radius 2 is 2.00 bits per heavy atom. The zero-order chi connectivity index (χ0) is 25.2. The molecule has 1 atom stereocenters.